The number of rotatable bonds is 4. The van der Waals surface area contributed by atoms with Gasteiger partial charge in [-0.3, -0.25) is 9.59 Å². The van der Waals surface area contributed by atoms with E-state index in [1.165, 1.54) is 0 Å². The topological polar surface area (TPSA) is 80.4 Å². The largest absolute Gasteiger partial charge is 0.481 e. The average Bonchev–Trinajstić information content (AvgIpc) is 2.25. The summed E-state index contributed by atoms with van der Waals surface area (Å²) in [7, 11) is 0. The van der Waals surface area contributed by atoms with E-state index < -0.39 is 30.1 Å². The van der Waals surface area contributed by atoms with Crippen molar-refractivity contribution in [3.63, 3.8) is 0 Å². The maximum Gasteiger partial charge on any atom is 0.306 e. The van der Waals surface area contributed by atoms with Crippen LogP contribution in [0.1, 0.15) is 27.8 Å². The molecule has 0 bridgehead atoms. The number of aliphatic carboxylic acids is 1. The van der Waals surface area contributed by atoms with Gasteiger partial charge in [-0.15, -0.1) is 0 Å². The highest BCUT2D eigenvalue weighted by molar-refractivity contribution is 6.31. The van der Waals surface area contributed by atoms with Gasteiger partial charge in [-0.25, -0.2) is 0 Å². The minimum Gasteiger partial charge on any atom is -0.481 e. The van der Waals surface area contributed by atoms with Crippen LogP contribution in [0.5, 0.6) is 0 Å². The maximum atomic E-state index is 12.0. The number of ketones is 1. The van der Waals surface area contributed by atoms with Crippen LogP contribution in [-0.4, -0.2) is 16.9 Å². The number of carboxylic acid groups (broad SMARTS) is 1. The molecule has 16 heavy (non-hydrogen) atoms. The third-order valence-electron chi connectivity index (χ3n) is 1.95. The summed E-state index contributed by atoms with van der Waals surface area (Å²) >= 11 is 5.65. The number of nitrogen functional groups attached to an aromatic ring is 1. The van der Waals surface area contributed by atoms with E-state index in [0.29, 0.717) is 0 Å². The lowest BCUT2D eigenvalue weighted by Crippen LogP contribution is -2.15. The first-order valence-corrected chi connectivity index (χ1v) is 4.77. The average molecular weight is 245 g/mol. The van der Waals surface area contributed by atoms with E-state index in [9.17, 15) is 9.59 Å². The van der Waals surface area contributed by atoms with Crippen LogP contribution in [0.15, 0.2) is 18.2 Å². The lowest BCUT2D eigenvalue weighted by atomic mass is 9.99. The van der Waals surface area contributed by atoms with Crippen LogP contribution in [-0.2, 0) is 4.79 Å². The Labute approximate surface area is 102 Å². The molecule has 0 aliphatic rings. The van der Waals surface area contributed by atoms with Gasteiger partial charge in [-0.05, 0) is 18.2 Å². The number of hydrogen-bond donors (Lipinski definition) is 2. The zero-order chi connectivity index (χ0) is 15.0. The highest BCUT2D eigenvalue weighted by atomic mass is 35.5. The molecular formula is C11H12ClNO3. The van der Waals surface area contributed by atoms with Gasteiger partial charge in [0.15, 0.2) is 5.78 Å². The Hall–Kier alpha value is -1.55. The van der Waals surface area contributed by atoms with E-state index in [1.54, 1.807) is 0 Å². The van der Waals surface area contributed by atoms with Gasteiger partial charge in [0.25, 0.3) is 0 Å². The third kappa shape index (κ3) is 2.97. The molecule has 1 rings (SSSR count). The van der Waals surface area contributed by atoms with Crippen molar-refractivity contribution < 1.29 is 18.8 Å². The van der Waals surface area contributed by atoms with Crippen molar-refractivity contribution in [3.8, 4) is 0 Å². The quantitative estimate of drug-likeness (QED) is 0.629. The predicted octanol–water partition coefficient (Wildman–Crippen LogP) is 2.22. The molecule has 1 unspecified atom stereocenters. The number of nitrogens with two attached hydrogens (primary N) is 1. The molecule has 0 spiro atoms. The second kappa shape index (κ2) is 4.99. The molecular weight excluding hydrogens is 230 g/mol. The number of carbonyl (C=O) groups excluding carboxylic acids is 1. The van der Waals surface area contributed by atoms with Crippen LogP contribution >= 0.6 is 11.6 Å². The minimum atomic E-state index is -2.02. The highest BCUT2D eigenvalue weighted by Crippen LogP contribution is 2.20. The second-order valence-corrected chi connectivity index (χ2v) is 3.67. The van der Waals surface area contributed by atoms with Crippen molar-refractivity contribution >= 4 is 29.0 Å². The first-order chi connectivity index (χ1) is 8.58. The lowest BCUT2D eigenvalue weighted by Gasteiger charge is -2.07. The Morgan fingerprint density at radius 2 is 2.31 bits per heavy atom. The molecule has 86 valence electrons. The molecule has 4 nitrogen and oxygen atoms in total. The fourth-order valence-corrected chi connectivity index (χ4v) is 1.24. The SMILES string of the molecule is [2H]c1c(Cl)cc(N)c(C(=O)CC([2H])(C)C(=O)O)c1[2H]. The van der Waals surface area contributed by atoms with E-state index in [1.807, 2.05) is 0 Å². The standard InChI is InChI=1S/C11H12ClNO3/c1-6(11(15)16)4-10(14)8-3-2-7(12)5-9(8)13/h2-3,5-6H,4,13H2,1H3,(H,15,16)/i2D,3D,6D. The van der Waals surface area contributed by atoms with E-state index in [2.05, 4.69) is 0 Å². The number of carboxylic acids is 1. The summed E-state index contributed by atoms with van der Waals surface area (Å²) in [5.41, 5.74) is 5.20. The van der Waals surface area contributed by atoms with Crippen LogP contribution in [0.4, 0.5) is 5.69 Å². The van der Waals surface area contributed by atoms with Crippen molar-refractivity contribution in [2.45, 2.75) is 13.3 Å². The summed E-state index contributed by atoms with van der Waals surface area (Å²) in [6.45, 7) is 1.07. The number of anilines is 1. The van der Waals surface area contributed by atoms with E-state index in [0.717, 1.165) is 13.0 Å². The monoisotopic (exact) mass is 244 g/mol. The van der Waals surface area contributed by atoms with Gasteiger partial charge in [0, 0.05) is 24.1 Å². The van der Waals surface area contributed by atoms with Gasteiger partial charge in [-0.1, -0.05) is 18.5 Å². The third-order valence-corrected chi connectivity index (χ3v) is 2.15. The van der Waals surface area contributed by atoms with Gasteiger partial charge >= 0.3 is 5.97 Å². The van der Waals surface area contributed by atoms with E-state index in [-0.39, 0.29) is 22.3 Å². The van der Waals surface area contributed by atoms with Gasteiger partial charge in [0.2, 0.25) is 0 Å². The molecule has 0 amide bonds. The van der Waals surface area contributed by atoms with Crippen molar-refractivity contribution in [1.82, 2.24) is 0 Å². The Morgan fingerprint density at radius 3 is 2.88 bits per heavy atom. The van der Waals surface area contributed by atoms with Crippen LogP contribution in [0.3, 0.4) is 0 Å². The first-order valence-electron chi connectivity index (χ1n) is 5.89. The molecule has 5 heteroatoms. The molecule has 3 N–H and O–H groups in total. The number of hydrogen-bond acceptors (Lipinski definition) is 3. The highest BCUT2D eigenvalue weighted by Gasteiger charge is 2.18. The van der Waals surface area contributed by atoms with Gasteiger partial charge in [0.1, 0.15) is 0 Å². The number of benzene rings is 1. The molecule has 0 saturated carbocycles. The Bertz CT molecular complexity index is 561. The molecule has 0 aromatic heterocycles. The smallest absolute Gasteiger partial charge is 0.306 e. The molecule has 1 atom stereocenters. The summed E-state index contributed by atoms with van der Waals surface area (Å²) in [6.07, 6.45) is -0.639. The number of carbonyl (C=O) groups is 2. The van der Waals surface area contributed by atoms with E-state index >= 15 is 0 Å². The van der Waals surface area contributed by atoms with Gasteiger partial charge in [0.05, 0.1) is 8.64 Å². The summed E-state index contributed by atoms with van der Waals surface area (Å²) in [6, 6.07) is 0.342. The fraction of sp³-hybridized carbons (Fsp3) is 0.273. The molecule has 0 aliphatic heterocycles. The van der Waals surface area contributed by atoms with Gasteiger partial charge in [-0.2, -0.15) is 0 Å². The van der Waals surface area contributed by atoms with Crippen LogP contribution in [0.25, 0.3) is 0 Å². The summed E-state index contributed by atoms with van der Waals surface area (Å²) in [5, 5.41) is 8.73. The fourth-order valence-electron chi connectivity index (χ4n) is 1.07. The zero-order valence-corrected chi connectivity index (χ0v) is 9.26. The van der Waals surface area contributed by atoms with Crippen LogP contribution in [0, 0.1) is 5.89 Å². The second-order valence-electron chi connectivity index (χ2n) is 3.26. The zero-order valence-electron chi connectivity index (χ0n) is 11.5. The van der Waals surface area contributed by atoms with Crippen molar-refractivity contribution in [2.24, 2.45) is 5.89 Å². The molecule has 0 heterocycles. The summed E-state index contributed by atoms with van der Waals surface area (Å²) < 4.78 is 22.6. The van der Waals surface area contributed by atoms with Gasteiger partial charge < -0.3 is 10.8 Å². The van der Waals surface area contributed by atoms with Crippen molar-refractivity contribution in [1.29, 1.82) is 0 Å². The molecule has 0 fully saturated rings. The maximum absolute atomic E-state index is 12.0. The Morgan fingerprint density at radius 1 is 1.69 bits per heavy atom. The van der Waals surface area contributed by atoms with E-state index in [4.69, 9.17) is 26.6 Å². The van der Waals surface area contributed by atoms with Crippen LogP contribution in [0.2, 0.25) is 5.02 Å². The summed E-state index contributed by atoms with van der Waals surface area (Å²) in [5.74, 6) is -4.24. The lowest BCUT2D eigenvalue weighted by molar-refractivity contribution is -0.141. The number of halogens is 1. The number of Topliss-reactive ketones (excluding diaryl/α,β-unsaturated/α-hetero) is 1. The summed E-state index contributed by atoms with van der Waals surface area (Å²) in [4.78, 5) is 22.8. The first kappa shape index (κ1) is 8.58. The molecule has 1 aromatic carbocycles. The van der Waals surface area contributed by atoms with Crippen molar-refractivity contribution in [2.75, 3.05) is 5.73 Å². The molecule has 0 aliphatic carbocycles. The Kier molecular flexibility index (Phi) is 2.67. The Balaban J connectivity index is 3.22. The molecule has 0 radical (unpaired) electrons. The predicted molar refractivity (Wildman–Crippen MR) is 61.6 cm³/mol. The molecule has 1 aromatic rings. The van der Waals surface area contributed by atoms with Crippen molar-refractivity contribution in [3.05, 3.63) is 28.7 Å². The normalized spacial score (nSPS) is 16.8. The minimum absolute atomic E-state index is 0.0640. The molecule has 0 saturated heterocycles. The van der Waals surface area contributed by atoms with Crippen LogP contribution < -0.4 is 5.73 Å².